The van der Waals surface area contributed by atoms with E-state index in [1.807, 2.05) is 6.92 Å². The van der Waals surface area contributed by atoms with Gasteiger partial charge in [0.05, 0.1) is 6.54 Å². The molecular formula is C11H19N5O3. The SMILES string of the molecule is CCn1ncnc1CNC(=O)NC(C(=O)O)C(C)C. The van der Waals surface area contributed by atoms with Crippen molar-refractivity contribution in [2.75, 3.05) is 0 Å². The Morgan fingerprint density at radius 3 is 2.68 bits per heavy atom. The second-order valence-corrected chi connectivity index (χ2v) is 4.38. The van der Waals surface area contributed by atoms with Crippen LogP contribution >= 0.6 is 0 Å². The number of carboxylic acid groups (broad SMARTS) is 1. The number of carboxylic acids is 1. The number of nitrogens with one attached hydrogen (secondary N) is 2. The number of amides is 2. The van der Waals surface area contributed by atoms with Crippen LogP contribution in [0.1, 0.15) is 26.6 Å². The van der Waals surface area contributed by atoms with Crippen LogP contribution in [-0.4, -0.2) is 37.9 Å². The van der Waals surface area contributed by atoms with Crippen molar-refractivity contribution in [1.29, 1.82) is 0 Å². The molecule has 0 aliphatic heterocycles. The molecule has 8 heteroatoms. The Hall–Kier alpha value is -2.12. The molecule has 1 heterocycles. The van der Waals surface area contributed by atoms with Crippen molar-refractivity contribution in [2.45, 2.75) is 39.9 Å². The Balaban J connectivity index is 2.49. The summed E-state index contributed by atoms with van der Waals surface area (Å²) < 4.78 is 1.65. The van der Waals surface area contributed by atoms with Crippen molar-refractivity contribution < 1.29 is 14.7 Å². The van der Waals surface area contributed by atoms with Gasteiger partial charge in [-0.3, -0.25) is 0 Å². The summed E-state index contributed by atoms with van der Waals surface area (Å²) in [5.74, 6) is -0.626. The molecule has 0 aliphatic carbocycles. The number of rotatable bonds is 6. The van der Waals surface area contributed by atoms with Crippen LogP contribution in [0.2, 0.25) is 0 Å². The first-order valence-electron chi connectivity index (χ1n) is 6.09. The molecule has 0 spiro atoms. The summed E-state index contributed by atoms with van der Waals surface area (Å²) in [4.78, 5) is 26.6. The summed E-state index contributed by atoms with van der Waals surface area (Å²) in [6, 6.07) is -1.45. The Morgan fingerprint density at radius 2 is 2.16 bits per heavy atom. The van der Waals surface area contributed by atoms with Crippen molar-refractivity contribution in [3.8, 4) is 0 Å². The van der Waals surface area contributed by atoms with Crippen LogP contribution in [0, 0.1) is 5.92 Å². The summed E-state index contributed by atoms with van der Waals surface area (Å²) in [7, 11) is 0. The fourth-order valence-electron chi connectivity index (χ4n) is 1.55. The van der Waals surface area contributed by atoms with Gasteiger partial charge in [-0.15, -0.1) is 0 Å². The summed E-state index contributed by atoms with van der Waals surface area (Å²) in [6.45, 7) is 6.23. The first-order valence-corrected chi connectivity index (χ1v) is 6.09. The lowest BCUT2D eigenvalue weighted by Gasteiger charge is -2.18. The van der Waals surface area contributed by atoms with E-state index in [0.29, 0.717) is 12.4 Å². The third kappa shape index (κ3) is 4.23. The lowest BCUT2D eigenvalue weighted by molar-refractivity contribution is -0.140. The summed E-state index contributed by atoms with van der Waals surface area (Å²) in [6.07, 6.45) is 1.41. The highest BCUT2D eigenvalue weighted by molar-refractivity contribution is 5.82. The number of carbonyl (C=O) groups excluding carboxylic acids is 1. The topological polar surface area (TPSA) is 109 Å². The maximum absolute atomic E-state index is 11.6. The zero-order valence-electron chi connectivity index (χ0n) is 11.3. The minimum atomic E-state index is -1.05. The average Bonchev–Trinajstić information content (AvgIpc) is 2.79. The smallest absolute Gasteiger partial charge is 0.326 e. The number of carbonyl (C=O) groups is 2. The van der Waals surface area contributed by atoms with Crippen LogP contribution in [0.4, 0.5) is 4.79 Å². The number of urea groups is 1. The third-order valence-electron chi connectivity index (χ3n) is 2.62. The first-order chi connectivity index (χ1) is 8.95. The Morgan fingerprint density at radius 1 is 1.47 bits per heavy atom. The second-order valence-electron chi connectivity index (χ2n) is 4.38. The highest BCUT2D eigenvalue weighted by Gasteiger charge is 2.23. The van der Waals surface area contributed by atoms with Gasteiger partial charge < -0.3 is 15.7 Å². The maximum atomic E-state index is 11.6. The molecule has 19 heavy (non-hydrogen) atoms. The molecule has 0 radical (unpaired) electrons. The van der Waals surface area contributed by atoms with E-state index in [4.69, 9.17) is 5.11 Å². The van der Waals surface area contributed by atoms with E-state index in [1.54, 1.807) is 18.5 Å². The lowest BCUT2D eigenvalue weighted by atomic mass is 10.1. The van der Waals surface area contributed by atoms with E-state index in [0.717, 1.165) is 0 Å². The van der Waals surface area contributed by atoms with Gasteiger partial charge in [-0.25, -0.2) is 19.3 Å². The number of nitrogens with zero attached hydrogens (tertiary/aromatic N) is 3. The van der Waals surface area contributed by atoms with Gasteiger partial charge in [0.25, 0.3) is 0 Å². The number of aliphatic carboxylic acids is 1. The first kappa shape index (κ1) is 14.9. The molecule has 1 aromatic heterocycles. The monoisotopic (exact) mass is 269 g/mol. The summed E-state index contributed by atoms with van der Waals surface area (Å²) in [5, 5.41) is 17.9. The lowest BCUT2D eigenvalue weighted by Crippen LogP contribution is -2.48. The minimum absolute atomic E-state index is 0.192. The van der Waals surface area contributed by atoms with Gasteiger partial charge in [-0.2, -0.15) is 5.10 Å². The van der Waals surface area contributed by atoms with Gasteiger partial charge in [0.1, 0.15) is 18.2 Å². The number of aryl methyl sites for hydroxylation is 1. The predicted octanol–water partition coefficient (Wildman–Crippen LogP) is 0.206. The molecule has 0 aliphatic rings. The number of hydrogen-bond donors (Lipinski definition) is 3. The molecule has 8 nitrogen and oxygen atoms in total. The fourth-order valence-corrected chi connectivity index (χ4v) is 1.55. The molecule has 0 saturated heterocycles. The van der Waals surface area contributed by atoms with Crippen LogP contribution in [0.3, 0.4) is 0 Å². The zero-order valence-corrected chi connectivity index (χ0v) is 11.3. The molecule has 0 fully saturated rings. The second kappa shape index (κ2) is 6.72. The van der Waals surface area contributed by atoms with Crippen LogP contribution in [0.5, 0.6) is 0 Å². The third-order valence-corrected chi connectivity index (χ3v) is 2.62. The van der Waals surface area contributed by atoms with E-state index in [1.165, 1.54) is 6.33 Å². The molecule has 2 amide bonds. The molecule has 1 rings (SSSR count). The molecular weight excluding hydrogens is 250 g/mol. The van der Waals surface area contributed by atoms with Gasteiger partial charge in [-0.1, -0.05) is 13.8 Å². The van der Waals surface area contributed by atoms with Gasteiger partial charge in [0, 0.05) is 6.54 Å². The van der Waals surface area contributed by atoms with Gasteiger partial charge in [-0.05, 0) is 12.8 Å². The van der Waals surface area contributed by atoms with Crippen LogP contribution in [-0.2, 0) is 17.9 Å². The molecule has 0 bridgehead atoms. The maximum Gasteiger partial charge on any atom is 0.326 e. The average molecular weight is 269 g/mol. The number of aromatic nitrogens is 3. The largest absolute Gasteiger partial charge is 0.480 e. The van der Waals surface area contributed by atoms with Crippen molar-refractivity contribution in [3.05, 3.63) is 12.2 Å². The van der Waals surface area contributed by atoms with E-state index >= 15 is 0 Å². The number of hydrogen-bond acceptors (Lipinski definition) is 4. The van der Waals surface area contributed by atoms with Gasteiger partial charge in [0.15, 0.2) is 0 Å². The minimum Gasteiger partial charge on any atom is -0.480 e. The van der Waals surface area contributed by atoms with Crippen molar-refractivity contribution in [3.63, 3.8) is 0 Å². The summed E-state index contributed by atoms with van der Waals surface area (Å²) in [5.41, 5.74) is 0. The molecule has 1 aromatic rings. The molecule has 106 valence electrons. The van der Waals surface area contributed by atoms with Crippen molar-refractivity contribution >= 4 is 12.0 Å². The Labute approximate surface area is 111 Å². The molecule has 0 aromatic carbocycles. The van der Waals surface area contributed by atoms with Crippen LogP contribution in [0.15, 0.2) is 6.33 Å². The Kier molecular flexibility index (Phi) is 5.28. The molecule has 3 N–H and O–H groups in total. The standard InChI is InChI=1S/C11H19N5O3/c1-4-16-8(13-6-14-16)5-12-11(19)15-9(7(2)3)10(17)18/h6-7,9H,4-5H2,1-3H3,(H,17,18)(H2,12,15,19). The van der Waals surface area contributed by atoms with Crippen LogP contribution < -0.4 is 10.6 Å². The normalized spacial score (nSPS) is 12.2. The van der Waals surface area contributed by atoms with Gasteiger partial charge in [0.2, 0.25) is 0 Å². The van der Waals surface area contributed by atoms with Crippen molar-refractivity contribution in [1.82, 2.24) is 25.4 Å². The van der Waals surface area contributed by atoms with Gasteiger partial charge >= 0.3 is 12.0 Å². The van der Waals surface area contributed by atoms with E-state index in [-0.39, 0.29) is 12.5 Å². The quantitative estimate of drug-likeness (QED) is 0.683. The van der Waals surface area contributed by atoms with Crippen LogP contribution in [0.25, 0.3) is 0 Å². The molecule has 0 saturated carbocycles. The molecule has 1 unspecified atom stereocenters. The fraction of sp³-hybridized carbons (Fsp3) is 0.636. The van der Waals surface area contributed by atoms with Crippen molar-refractivity contribution in [2.24, 2.45) is 5.92 Å². The highest BCUT2D eigenvalue weighted by atomic mass is 16.4. The van der Waals surface area contributed by atoms with E-state index in [9.17, 15) is 9.59 Å². The predicted molar refractivity (Wildman–Crippen MR) is 67.3 cm³/mol. The zero-order chi connectivity index (χ0) is 14.4. The molecule has 1 atom stereocenters. The highest BCUT2D eigenvalue weighted by Crippen LogP contribution is 2.01. The van der Waals surface area contributed by atoms with E-state index in [2.05, 4.69) is 20.7 Å². The van der Waals surface area contributed by atoms with E-state index < -0.39 is 18.0 Å². The summed E-state index contributed by atoms with van der Waals surface area (Å²) >= 11 is 0. The Bertz CT molecular complexity index is 443.